The molecule has 1 aliphatic heterocycles. The normalized spacial score (nSPS) is 21.9. The Hall–Kier alpha value is -1.95. The quantitative estimate of drug-likeness (QED) is 0.859. The van der Waals surface area contributed by atoms with Crippen molar-refractivity contribution < 1.29 is 14.0 Å². The van der Waals surface area contributed by atoms with E-state index in [1.807, 2.05) is 11.8 Å². The Balaban J connectivity index is 1.85. The minimum atomic E-state index is -0.308. The second-order valence-electron chi connectivity index (χ2n) is 6.32. The van der Waals surface area contributed by atoms with E-state index < -0.39 is 0 Å². The molecule has 1 aliphatic rings. The lowest BCUT2D eigenvalue weighted by Crippen LogP contribution is -2.49. The van der Waals surface area contributed by atoms with Gasteiger partial charge in [0.25, 0.3) is 0 Å². The van der Waals surface area contributed by atoms with Crippen LogP contribution in [0.1, 0.15) is 30.9 Å². The zero-order valence-electron chi connectivity index (χ0n) is 13.6. The average Bonchev–Trinajstić information content (AvgIpc) is 2.50. The van der Waals surface area contributed by atoms with Crippen molar-refractivity contribution >= 4 is 11.8 Å². The van der Waals surface area contributed by atoms with Crippen LogP contribution in [0.4, 0.5) is 4.39 Å². The number of primary amides is 1. The molecule has 0 bridgehead atoms. The Bertz CT molecular complexity index is 591. The standard InChI is InChI=1S/C17H24FN3O2/c1-11-3-5-13(7-15(11)18)8-20-16(22)10-21-9-14(17(19)23)6-4-12(21)2/h3,5,7,12,14H,4,6,8-10H2,1-2H3,(H2,19,23)(H,20,22)/t12-,14-/m1/s1. The molecule has 0 unspecified atom stereocenters. The number of nitrogens with zero attached hydrogens (tertiary/aromatic N) is 1. The number of piperidine rings is 1. The van der Waals surface area contributed by atoms with Crippen molar-refractivity contribution in [2.24, 2.45) is 11.7 Å². The Morgan fingerprint density at radius 3 is 2.78 bits per heavy atom. The van der Waals surface area contributed by atoms with Crippen LogP contribution in [-0.2, 0) is 16.1 Å². The van der Waals surface area contributed by atoms with Crippen molar-refractivity contribution in [3.63, 3.8) is 0 Å². The fourth-order valence-electron chi connectivity index (χ4n) is 2.82. The van der Waals surface area contributed by atoms with Crippen molar-refractivity contribution in [3.8, 4) is 0 Å². The van der Waals surface area contributed by atoms with Crippen LogP contribution in [-0.4, -0.2) is 35.8 Å². The molecule has 2 atom stereocenters. The average molecular weight is 321 g/mol. The van der Waals surface area contributed by atoms with Gasteiger partial charge < -0.3 is 11.1 Å². The molecule has 6 heteroatoms. The number of rotatable bonds is 5. The van der Waals surface area contributed by atoms with Crippen LogP contribution < -0.4 is 11.1 Å². The molecule has 2 rings (SSSR count). The van der Waals surface area contributed by atoms with Gasteiger partial charge >= 0.3 is 0 Å². The molecule has 1 fully saturated rings. The topological polar surface area (TPSA) is 75.4 Å². The first kappa shape index (κ1) is 17.4. The smallest absolute Gasteiger partial charge is 0.234 e. The third kappa shape index (κ3) is 4.76. The Morgan fingerprint density at radius 2 is 2.13 bits per heavy atom. The third-order valence-electron chi connectivity index (χ3n) is 4.49. The third-order valence-corrected chi connectivity index (χ3v) is 4.49. The van der Waals surface area contributed by atoms with Crippen LogP contribution >= 0.6 is 0 Å². The van der Waals surface area contributed by atoms with Gasteiger partial charge in [0.2, 0.25) is 11.8 Å². The van der Waals surface area contributed by atoms with E-state index in [4.69, 9.17) is 5.73 Å². The summed E-state index contributed by atoms with van der Waals surface area (Å²) in [6.45, 7) is 4.77. The number of nitrogens with two attached hydrogens (primary N) is 1. The predicted molar refractivity (Wildman–Crippen MR) is 85.9 cm³/mol. The van der Waals surface area contributed by atoms with E-state index >= 15 is 0 Å². The molecule has 1 aromatic rings. The molecule has 126 valence electrons. The van der Waals surface area contributed by atoms with Crippen molar-refractivity contribution in [3.05, 3.63) is 35.1 Å². The van der Waals surface area contributed by atoms with Gasteiger partial charge in [-0.15, -0.1) is 0 Å². The summed E-state index contributed by atoms with van der Waals surface area (Å²) in [5, 5.41) is 2.79. The molecule has 1 saturated heterocycles. The summed E-state index contributed by atoms with van der Waals surface area (Å²) in [5.74, 6) is -0.906. The van der Waals surface area contributed by atoms with E-state index in [0.717, 1.165) is 18.4 Å². The lowest BCUT2D eigenvalue weighted by atomic mass is 9.93. The summed E-state index contributed by atoms with van der Waals surface area (Å²) in [4.78, 5) is 25.4. The zero-order chi connectivity index (χ0) is 17.0. The van der Waals surface area contributed by atoms with Crippen molar-refractivity contribution in [1.82, 2.24) is 10.2 Å². The first-order valence-electron chi connectivity index (χ1n) is 7.92. The summed E-state index contributed by atoms with van der Waals surface area (Å²) >= 11 is 0. The molecule has 1 aromatic carbocycles. The maximum Gasteiger partial charge on any atom is 0.234 e. The van der Waals surface area contributed by atoms with E-state index in [0.29, 0.717) is 12.1 Å². The second kappa shape index (κ2) is 7.55. The molecule has 0 aromatic heterocycles. The Kier molecular flexibility index (Phi) is 5.71. The first-order valence-corrected chi connectivity index (χ1v) is 7.92. The van der Waals surface area contributed by atoms with Gasteiger partial charge in [-0.05, 0) is 43.9 Å². The number of carbonyl (C=O) groups is 2. The number of nitrogens with one attached hydrogen (secondary N) is 1. The first-order chi connectivity index (χ1) is 10.9. The van der Waals surface area contributed by atoms with Crippen LogP contribution in [0.2, 0.25) is 0 Å². The highest BCUT2D eigenvalue weighted by Crippen LogP contribution is 2.21. The largest absolute Gasteiger partial charge is 0.369 e. The molecule has 5 nitrogen and oxygen atoms in total. The fraction of sp³-hybridized carbons (Fsp3) is 0.529. The fourth-order valence-corrected chi connectivity index (χ4v) is 2.82. The van der Waals surface area contributed by atoms with Gasteiger partial charge in [-0.2, -0.15) is 0 Å². The van der Waals surface area contributed by atoms with Crippen LogP contribution in [0.25, 0.3) is 0 Å². The highest BCUT2D eigenvalue weighted by Gasteiger charge is 2.29. The number of hydrogen-bond donors (Lipinski definition) is 2. The van der Waals surface area contributed by atoms with Crippen molar-refractivity contribution in [2.45, 2.75) is 39.3 Å². The monoisotopic (exact) mass is 321 g/mol. The minimum absolute atomic E-state index is 0.136. The highest BCUT2D eigenvalue weighted by atomic mass is 19.1. The van der Waals surface area contributed by atoms with E-state index in [1.54, 1.807) is 19.1 Å². The van der Waals surface area contributed by atoms with Crippen LogP contribution in [0, 0.1) is 18.7 Å². The molecular weight excluding hydrogens is 297 g/mol. The summed E-state index contributed by atoms with van der Waals surface area (Å²) in [5.41, 5.74) is 6.67. The second-order valence-corrected chi connectivity index (χ2v) is 6.32. The van der Waals surface area contributed by atoms with Gasteiger partial charge in [-0.3, -0.25) is 14.5 Å². The molecule has 0 aliphatic carbocycles. The SMILES string of the molecule is Cc1ccc(CNC(=O)CN2C[C@H](C(N)=O)CC[C@H]2C)cc1F. The van der Waals surface area contributed by atoms with Crippen LogP contribution in [0.5, 0.6) is 0 Å². The Labute approximate surface area is 136 Å². The summed E-state index contributed by atoms with van der Waals surface area (Å²) in [6.07, 6.45) is 1.63. The molecule has 0 saturated carbocycles. The molecule has 1 heterocycles. The lowest BCUT2D eigenvalue weighted by molar-refractivity contribution is -0.127. The van der Waals surface area contributed by atoms with Gasteiger partial charge in [0.15, 0.2) is 0 Å². The van der Waals surface area contributed by atoms with Crippen LogP contribution in [0.3, 0.4) is 0 Å². The van der Waals surface area contributed by atoms with Gasteiger partial charge in [-0.25, -0.2) is 4.39 Å². The van der Waals surface area contributed by atoms with Crippen LogP contribution in [0.15, 0.2) is 18.2 Å². The summed E-state index contributed by atoms with van der Waals surface area (Å²) in [6, 6.07) is 5.17. The highest BCUT2D eigenvalue weighted by molar-refractivity contribution is 5.79. The Morgan fingerprint density at radius 1 is 1.39 bits per heavy atom. The predicted octanol–water partition coefficient (Wildman–Crippen LogP) is 1.34. The van der Waals surface area contributed by atoms with E-state index in [1.165, 1.54) is 6.07 Å². The van der Waals surface area contributed by atoms with Gasteiger partial charge in [0, 0.05) is 19.1 Å². The number of hydrogen-bond acceptors (Lipinski definition) is 3. The maximum absolute atomic E-state index is 13.5. The van der Waals surface area contributed by atoms with Crippen molar-refractivity contribution in [2.75, 3.05) is 13.1 Å². The summed E-state index contributed by atoms with van der Waals surface area (Å²) in [7, 11) is 0. The van der Waals surface area contributed by atoms with Crippen molar-refractivity contribution in [1.29, 1.82) is 0 Å². The zero-order valence-corrected chi connectivity index (χ0v) is 13.6. The number of halogens is 1. The number of carbonyl (C=O) groups excluding carboxylic acids is 2. The van der Waals surface area contributed by atoms with Gasteiger partial charge in [0.05, 0.1) is 12.5 Å². The summed E-state index contributed by atoms with van der Waals surface area (Å²) < 4.78 is 13.5. The van der Waals surface area contributed by atoms with Gasteiger partial charge in [0.1, 0.15) is 5.82 Å². The number of likely N-dealkylation sites (tertiary alicyclic amines) is 1. The molecule has 3 N–H and O–H groups in total. The molecule has 23 heavy (non-hydrogen) atoms. The van der Waals surface area contributed by atoms with E-state index in [9.17, 15) is 14.0 Å². The number of amides is 2. The maximum atomic E-state index is 13.5. The lowest BCUT2D eigenvalue weighted by Gasteiger charge is -2.36. The number of aryl methyl sites for hydroxylation is 1. The molecule has 0 radical (unpaired) electrons. The van der Waals surface area contributed by atoms with E-state index in [2.05, 4.69) is 5.32 Å². The van der Waals surface area contributed by atoms with Gasteiger partial charge in [-0.1, -0.05) is 12.1 Å². The molecule has 2 amide bonds. The molecular formula is C17H24FN3O2. The number of benzene rings is 1. The molecule has 0 spiro atoms. The minimum Gasteiger partial charge on any atom is -0.369 e. The van der Waals surface area contributed by atoms with E-state index in [-0.39, 0.29) is 42.7 Å².